The Bertz CT molecular complexity index is 451. The van der Waals surface area contributed by atoms with Crippen molar-refractivity contribution >= 4 is 23.1 Å². The van der Waals surface area contributed by atoms with Crippen LogP contribution in [0.3, 0.4) is 0 Å². The zero-order chi connectivity index (χ0) is 10.5. The minimum absolute atomic E-state index is 0.722. The van der Waals surface area contributed by atoms with Crippen molar-refractivity contribution in [2.45, 2.75) is 10.6 Å². The van der Waals surface area contributed by atoms with Crippen molar-refractivity contribution in [2.24, 2.45) is 0 Å². The van der Waals surface area contributed by atoms with Gasteiger partial charge in [0.2, 0.25) is 0 Å². The van der Waals surface area contributed by atoms with Crippen molar-refractivity contribution in [3.63, 3.8) is 0 Å². The number of hydrogen-bond donors (Lipinski definition) is 0. The van der Waals surface area contributed by atoms with E-state index in [0.717, 1.165) is 11.3 Å². The van der Waals surface area contributed by atoms with E-state index in [9.17, 15) is 0 Å². The molecule has 1 nitrogen and oxygen atoms in total. The monoisotopic (exact) mass is 231 g/mol. The number of benzene rings is 1. The molecule has 1 aromatic carbocycles. The lowest BCUT2D eigenvalue weighted by atomic mass is 10.2. The first kappa shape index (κ1) is 10.3. The smallest absolute Gasteiger partial charge is 0.0991 e. The van der Waals surface area contributed by atoms with Crippen molar-refractivity contribution in [1.82, 2.24) is 0 Å². The molecule has 0 unspecified atom stereocenters. The van der Waals surface area contributed by atoms with Crippen molar-refractivity contribution in [2.75, 3.05) is 0 Å². The maximum absolute atomic E-state index is 8.65. The molecule has 0 saturated heterocycles. The number of thioether (sulfide) groups is 1. The molecule has 3 heteroatoms. The number of rotatable bonds is 3. The van der Waals surface area contributed by atoms with Gasteiger partial charge in [-0.3, -0.25) is 0 Å². The molecule has 0 aliphatic rings. The summed E-state index contributed by atoms with van der Waals surface area (Å²) in [4.78, 5) is 1.31. The highest BCUT2D eigenvalue weighted by Gasteiger charge is 1.97. The van der Waals surface area contributed by atoms with Gasteiger partial charge in [-0.15, -0.1) is 11.8 Å². The number of hydrogen-bond acceptors (Lipinski definition) is 3. The van der Waals surface area contributed by atoms with Gasteiger partial charge in [-0.25, -0.2) is 0 Å². The fourth-order valence-electron chi connectivity index (χ4n) is 1.18. The zero-order valence-electron chi connectivity index (χ0n) is 8.01. The van der Waals surface area contributed by atoms with Gasteiger partial charge < -0.3 is 0 Å². The molecular formula is C12H9NS2. The van der Waals surface area contributed by atoms with Gasteiger partial charge in [0.25, 0.3) is 0 Å². The van der Waals surface area contributed by atoms with Crippen LogP contribution in [0.15, 0.2) is 46.0 Å². The standard InChI is InChI=1S/C12H9NS2/c13-7-10-1-3-11(4-2-10)8-15-12-5-6-14-9-12/h1-6,9H,8H2. The Morgan fingerprint density at radius 2 is 2.00 bits per heavy atom. The third-order valence-corrected chi connectivity index (χ3v) is 3.88. The van der Waals surface area contributed by atoms with Gasteiger partial charge >= 0.3 is 0 Å². The summed E-state index contributed by atoms with van der Waals surface area (Å²) in [5.41, 5.74) is 1.98. The van der Waals surface area contributed by atoms with E-state index in [2.05, 4.69) is 22.9 Å². The van der Waals surface area contributed by atoms with Crippen LogP contribution in [-0.2, 0) is 5.75 Å². The van der Waals surface area contributed by atoms with Crippen LogP contribution in [0, 0.1) is 11.3 Å². The Morgan fingerprint density at radius 1 is 1.20 bits per heavy atom. The van der Waals surface area contributed by atoms with E-state index < -0.39 is 0 Å². The van der Waals surface area contributed by atoms with Crippen LogP contribution < -0.4 is 0 Å². The highest BCUT2D eigenvalue weighted by atomic mass is 32.2. The van der Waals surface area contributed by atoms with Gasteiger partial charge in [-0.2, -0.15) is 16.6 Å². The first-order valence-electron chi connectivity index (χ1n) is 4.52. The van der Waals surface area contributed by atoms with Crippen molar-refractivity contribution < 1.29 is 0 Å². The molecule has 0 atom stereocenters. The summed E-state index contributed by atoms with van der Waals surface area (Å²) in [7, 11) is 0. The van der Waals surface area contributed by atoms with E-state index in [1.807, 2.05) is 36.0 Å². The minimum Gasteiger partial charge on any atom is -0.192 e. The third kappa shape index (κ3) is 2.85. The van der Waals surface area contributed by atoms with Crippen LogP contribution in [0.25, 0.3) is 0 Å². The Balaban J connectivity index is 1.97. The molecular weight excluding hydrogens is 222 g/mol. The summed E-state index contributed by atoms with van der Waals surface area (Å²) in [6.45, 7) is 0. The zero-order valence-corrected chi connectivity index (χ0v) is 9.65. The molecule has 0 N–H and O–H groups in total. The summed E-state index contributed by atoms with van der Waals surface area (Å²) in [6.07, 6.45) is 0. The quantitative estimate of drug-likeness (QED) is 0.748. The maximum Gasteiger partial charge on any atom is 0.0991 e. The molecule has 0 radical (unpaired) electrons. The van der Waals surface area contributed by atoms with Crippen LogP contribution in [0.5, 0.6) is 0 Å². The Hall–Kier alpha value is -1.24. The topological polar surface area (TPSA) is 23.8 Å². The average Bonchev–Trinajstić information content (AvgIpc) is 2.80. The molecule has 0 amide bonds. The lowest BCUT2D eigenvalue weighted by Gasteiger charge is -1.99. The van der Waals surface area contributed by atoms with Gasteiger partial charge in [0, 0.05) is 16.0 Å². The Morgan fingerprint density at radius 3 is 2.60 bits per heavy atom. The lowest BCUT2D eigenvalue weighted by molar-refractivity contribution is 1.38. The second kappa shape index (κ2) is 5.01. The molecule has 0 aliphatic heterocycles. The van der Waals surface area contributed by atoms with Crippen molar-refractivity contribution in [1.29, 1.82) is 5.26 Å². The van der Waals surface area contributed by atoms with Gasteiger partial charge in [0.15, 0.2) is 0 Å². The largest absolute Gasteiger partial charge is 0.192 e. The molecule has 0 fully saturated rings. The second-order valence-electron chi connectivity index (χ2n) is 3.06. The second-order valence-corrected chi connectivity index (χ2v) is 4.89. The van der Waals surface area contributed by atoms with Gasteiger partial charge in [-0.1, -0.05) is 12.1 Å². The van der Waals surface area contributed by atoms with Crippen LogP contribution in [0.1, 0.15) is 11.1 Å². The molecule has 74 valence electrons. The van der Waals surface area contributed by atoms with E-state index in [0.29, 0.717) is 0 Å². The molecule has 15 heavy (non-hydrogen) atoms. The molecule has 0 bridgehead atoms. The van der Waals surface area contributed by atoms with Crippen molar-refractivity contribution in [3.05, 3.63) is 52.2 Å². The normalized spacial score (nSPS) is 9.80. The predicted octanol–water partition coefficient (Wildman–Crippen LogP) is 3.91. The molecule has 0 saturated carbocycles. The number of thiophene rings is 1. The van der Waals surface area contributed by atoms with E-state index in [1.165, 1.54) is 10.5 Å². The fraction of sp³-hybridized carbons (Fsp3) is 0.0833. The first-order valence-corrected chi connectivity index (χ1v) is 6.45. The highest BCUT2D eigenvalue weighted by Crippen LogP contribution is 2.24. The SMILES string of the molecule is N#Cc1ccc(CSc2ccsc2)cc1. The van der Waals surface area contributed by atoms with E-state index in [-0.39, 0.29) is 0 Å². The maximum atomic E-state index is 8.65. The van der Waals surface area contributed by atoms with Crippen LogP contribution in [0.2, 0.25) is 0 Å². The van der Waals surface area contributed by atoms with Crippen molar-refractivity contribution in [3.8, 4) is 6.07 Å². The number of nitrogens with zero attached hydrogens (tertiary/aromatic N) is 1. The lowest BCUT2D eigenvalue weighted by Crippen LogP contribution is -1.80. The fourth-order valence-corrected chi connectivity index (χ4v) is 2.91. The Kier molecular flexibility index (Phi) is 3.44. The summed E-state index contributed by atoms with van der Waals surface area (Å²) in [5.74, 6) is 0.961. The van der Waals surface area contributed by atoms with Crippen LogP contribution in [-0.4, -0.2) is 0 Å². The first-order chi connectivity index (χ1) is 7.38. The Labute approximate surface area is 97.4 Å². The van der Waals surface area contributed by atoms with Crippen LogP contribution in [0.4, 0.5) is 0 Å². The summed E-state index contributed by atoms with van der Waals surface area (Å²) in [5, 5.41) is 12.9. The van der Waals surface area contributed by atoms with E-state index >= 15 is 0 Å². The molecule has 0 aliphatic carbocycles. The third-order valence-electron chi connectivity index (χ3n) is 1.98. The van der Waals surface area contributed by atoms with Gasteiger partial charge in [0.1, 0.15) is 0 Å². The number of nitriles is 1. The predicted molar refractivity (Wildman–Crippen MR) is 65.0 cm³/mol. The molecule has 0 spiro atoms. The van der Waals surface area contributed by atoms with Gasteiger partial charge in [0.05, 0.1) is 11.6 Å². The van der Waals surface area contributed by atoms with Crippen LogP contribution >= 0.6 is 23.1 Å². The highest BCUT2D eigenvalue weighted by molar-refractivity contribution is 7.98. The molecule has 1 heterocycles. The van der Waals surface area contributed by atoms with E-state index in [4.69, 9.17) is 5.26 Å². The molecule has 2 rings (SSSR count). The molecule has 2 aromatic rings. The van der Waals surface area contributed by atoms with E-state index in [1.54, 1.807) is 11.3 Å². The summed E-state index contributed by atoms with van der Waals surface area (Å²) >= 11 is 3.54. The average molecular weight is 231 g/mol. The summed E-state index contributed by atoms with van der Waals surface area (Å²) < 4.78 is 0. The van der Waals surface area contributed by atoms with Gasteiger partial charge in [-0.05, 0) is 29.1 Å². The molecule has 1 aromatic heterocycles. The minimum atomic E-state index is 0.722. The summed E-state index contributed by atoms with van der Waals surface area (Å²) in [6, 6.07) is 12.0.